The minimum Gasteiger partial charge on any atom is -0.399 e. The number of anilines is 1. The predicted octanol–water partition coefficient (Wildman–Crippen LogP) is 2.18. The van der Waals surface area contributed by atoms with E-state index in [4.69, 9.17) is 5.73 Å². The third-order valence-corrected chi connectivity index (χ3v) is 6.38. The van der Waals surface area contributed by atoms with Gasteiger partial charge in [-0.25, -0.2) is 8.42 Å². The first-order chi connectivity index (χ1) is 9.03. The molecule has 1 aliphatic carbocycles. The predicted molar refractivity (Wildman–Crippen MR) is 80.8 cm³/mol. The fraction of sp³-hybridized carbons (Fsp3) is 0.538. The SMILES string of the molecule is CCN(C1CC1)S(=O)(=O)CCSc1ccc(N)cc1. The van der Waals surface area contributed by atoms with E-state index >= 15 is 0 Å². The Morgan fingerprint density at radius 2 is 1.95 bits per heavy atom. The molecule has 0 unspecified atom stereocenters. The van der Waals surface area contributed by atoms with Crippen molar-refractivity contribution in [1.82, 2.24) is 4.31 Å². The topological polar surface area (TPSA) is 63.4 Å². The fourth-order valence-electron chi connectivity index (χ4n) is 1.99. The molecule has 6 heteroatoms. The molecule has 0 amide bonds. The van der Waals surface area contributed by atoms with Crippen LogP contribution in [-0.4, -0.2) is 36.8 Å². The van der Waals surface area contributed by atoms with Gasteiger partial charge in [0.05, 0.1) is 5.75 Å². The second-order valence-corrected chi connectivity index (χ2v) is 7.88. The molecule has 0 radical (unpaired) electrons. The third-order valence-electron chi connectivity index (χ3n) is 3.11. The number of nitrogens with zero attached hydrogens (tertiary/aromatic N) is 1. The molecule has 1 fully saturated rings. The van der Waals surface area contributed by atoms with Crippen LogP contribution in [0.25, 0.3) is 0 Å². The molecular weight excluding hydrogens is 280 g/mol. The lowest BCUT2D eigenvalue weighted by Gasteiger charge is -2.19. The molecule has 0 aromatic heterocycles. The fourth-order valence-corrected chi connectivity index (χ4v) is 5.02. The summed E-state index contributed by atoms with van der Waals surface area (Å²) in [6, 6.07) is 7.77. The van der Waals surface area contributed by atoms with Crippen molar-refractivity contribution in [1.29, 1.82) is 0 Å². The normalized spacial score (nSPS) is 15.9. The highest BCUT2D eigenvalue weighted by atomic mass is 32.2. The number of thioether (sulfide) groups is 1. The number of nitrogen functional groups attached to an aromatic ring is 1. The second-order valence-electron chi connectivity index (χ2n) is 4.67. The molecule has 1 aliphatic rings. The highest BCUT2D eigenvalue weighted by molar-refractivity contribution is 8.00. The van der Waals surface area contributed by atoms with Gasteiger partial charge in [0.1, 0.15) is 0 Å². The van der Waals surface area contributed by atoms with Crippen molar-refractivity contribution < 1.29 is 8.42 Å². The first kappa shape index (κ1) is 14.7. The number of benzene rings is 1. The van der Waals surface area contributed by atoms with Crippen molar-refractivity contribution in [2.45, 2.75) is 30.7 Å². The van der Waals surface area contributed by atoms with Gasteiger partial charge in [-0.1, -0.05) is 6.92 Å². The van der Waals surface area contributed by atoms with Crippen LogP contribution in [0.4, 0.5) is 5.69 Å². The van der Waals surface area contributed by atoms with Crippen molar-refractivity contribution in [3.8, 4) is 0 Å². The number of hydrogen-bond acceptors (Lipinski definition) is 4. The lowest BCUT2D eigenvalue weighted by atomic mass is 10.3. The standard InChI is InChI=1S/C13H20N2O2S2/c1-2-15(12-5-6-12)19(16,17)10-9-18-13-7-3-11(14)4-8-13/h3-4,7-8,12H,2,5-6,9-10,14H2,1H3. The number of nitrogens with two attached hydrogens (primary N) is 1. The summed E-state index contributed by atoms with van der Waals surface area (Å²) in [7, 11) is -3.10. The highest BCUT2D eigenvalue weighted by Gasteiger charge is 2.35. The lowest BCUT2D eigenvalue weighted by Crippen LogP contribution is -2.35. The maximum atomic E-state index is 12.2. The van der Waals surface area contributed by atoms with Gasteiger partial charge in [0.15, 0.2) is 0 Å². The molecule has 2 rings (SSSR count). The summed E-state index contributed by atoms with van der Waals surface area (Å²) < 4.78 is 26.0. The zero-order valence-corrected chi connectivity index (χ0v) is 12.7. The van der Waals surface area contributed by atoms with Gasteiger partial charge in [0.2, 0.25) is 10.0 Å². The summed E-state index contributed by atoms with van der Waals surface area (Å²) in [6.45, 7) is 2.49. The van der Waals surface area contributed by atoms with Crippen LogP contribution in [0.3, 0.4) is 0 Å². The maximum absolute atomic E-state index is 12.2. The molecule has 0 heterocycles. The molecule has 19 heavy (non-hydrogen) atoms. The van der Waals surface area contributed by atoms with E-state index in [-0.39, 0.29) is 11.8 Å². The zero-order chi connectivity index (χ0) is 13.9. The van der Waals surface area contributed by atoms with E-state index in [1.807, 2.05) is 31.2 Å². The molecule has 0 spiro atoms. The second kappa shape index (κ2) is 6.15. The molecule has 0 bridgehead atoms. The number of rotatable bonds is 7. The highest BCUT2D eigenvalue weighted by Crippen LogP contribution is 2.29. The van der Waals surface area contributed by atoms with Crippen molar-refractivity contribution in [3.63, 3.8) is 0 Å². The molecule has 1 aromatic rings. The van der Waals surface area contributed by atoms with Crippen LogP contribution < -0.4 is 5.73 Å². The van der Waals surface area contributed by atoms with Crippen molar-refractivity contribution in [2.75, 3.05) is 23.8 Å². The summed E-state index contributed by atoms with van der Waals surface area (Å²) in [5, 5.41) is 0. The molecule has 4 nitrogen and oxygen atoms in total. The van der Waals surface area contributed by atoms with Crippen LogP contribution in [0.2, 0.25) is 0 Å². The van der Waals surface area contributed by atoms with Crippen LogP contribution in [0.5, 0.6) is 0 Å². The Balaban J connectivity index is 1.85. The number of sulfonamides is 1. The van der Waals surface area contributed by atoms with Crippen LogP contribution in [0, 0.1) is 0 Å². The van der Waals surface area contributed by atoms with Gasteiger partial charge >= 0.3 is 0 Å². The maximum Gasteiger partial charge on any atom is 0.215 e. The van der Waals surface area contributed by atoms with Crippen LogP contribution in [-0.2, 0) is 10.0 Å². The van der Waals surface area contributed by atoms with E-state index in [2.05, 4.69) is 0 Å². The van der Waals surface area contributed by atoms with E-state index in [0.29, 0.717) is 12.3 Å². The first-order valence-electron chi connectivity index (χ1n) is 6.51. The molecular formula is C13H20N2O2S2. The average Bonchev–Trinajstić information content (AvgIpc) is 3.16. The monoisotopic (exact) mass is 300 g/mol. The van der Waals surface area contributed by atoms with E-state index in [1.165, 1.54) is 0 Å². The van der Waals surface area contributed by atoms with Gasteiger partial charge in [-0.3, -0.25) is 0 Å². The molecule has 1 aromatic carbocycles. The van der Waals surface area contributed by atoms with Gasteiger partial charge in [0.25, 0.3) is 0 Å². The smallest absolute Gasteiger partial charge is 0.215 e. The third kappa shape index (κ3) is 4.12. The molecule has 2 N–H and O–H groups in total. The summed E-state index contributed by atoms with van der Waals surface area (Å²) in [4.78, 5) is 1.05. The van der Waals surface area contributed by atoms with Crippen LogP contribution >= 0.6 is 11.8 Å². The average molecular weight is 300 g/mol. The molecule has 0 saturated heterocycles. The van der Waals surface area contributed by atoms with Gasteiger partial charge in [-0.05, 0) is 37.1 Å². The van der Waals surface area contributed by atoms with E-state index in [1.54, 1.807) is 16.1 Å². The molecule has 1 saturated carbocycles. The Bertz CT molecular complexity index is 510. The van der Waals surface area contributed by atoms with Gasteiger partial charge < -0.3 is 5.73 Å². The molecule has 0 atom stereocenters. The van der Waals surface area contributed by atoms with Crippen LogP contribution in [0.1, 0.15) is 19.8 Å². The van der Waals surface area contributed by atoms with Gasteiger partial charge in [-0.15, -0.1) is 11.8 Å². The zero-order valence-electron chi connectivity index (χ0n) is 11.1. The summed E-state index contributed by atoms with van der Waals surface area (Å²) in [5.41, 5.74) is 6.34. The summed E-state index contributed by atoms with van der Waals surface area (Å²) in [6.07, 6.45) is 2.02. The Morgan fingerprint density at radius 1 is 1.32 bits per heavy atom. The Kier molecular flexibility index (Phi) is 4.76. The number of hydrogen-bond donors (Lipinski definition) is 1. The quantitative estimate of drug-likeness (QED) is 0.619. The minimum atomic E-state index is -3.10. The molecule has 106 valence electrons. The van der Waals surface area contributed by atoms with E-state index in [9.17, 15) is 8.42 Å². The van der Waals surface area contributed by atoms with E-state index < -0.39 is 10.0 Å². The Hall–Kier alpha value is -0.720. The van der Waals surface area contributed by atoms with Crippen LogP contribution in [0.15, 0.2) is 29.2 Å². The van der Waals surface area contributed by atoms with Gasteiger partial charge in [-0.2, -0.15) is 4.31 Å². The van der Waals surface area contributed by atoms with Crippen molar-refractivity contribution >= 4 is 27.5 Å². The Labute approximate surface area is 119 Å². The summed E-state index contributed by atoms with van der Waals surface area (Å²) in [5.74, 6) is 0.780. The first-order valence-corrected chi connectivity index (χ1v) is 9.10. The van der Waals surface area contributed by atoms with Gasteiger partial charge in [0, 0.05) is 28.9 Å². The molecule has 0 aliphatic heterocycles. The largest absolute Gasteiger partial charge is 0.399 e. The van der Waals surface area contributed by atoms with Crippen molar-refractivity contribution in [2.24, 2.45) is 0 Å². The summed E-state index contributed by atoms with van der Waals surface area (Å²) >= 11 is 1.55. The minimum absolute atomic E-state index is 0.201. The Morgan fingerprint density at radius 3 is 2.47 bits per heavy atom. The van der Waals surface area contributed by atoms with Crippen molar-refractivity contribution in [3.05, 3.63) is 24.3 Å². The lowest BCUT2D eigenvalue weighted by molar-refractivity contribution is 0.422. The van der Waals surface area contributed by atoms with E-state index in [0.717, 1.165) is 23.4 Å².